The first kappa shape index (κ1) is 24.7. The Labute approximate surface area is 217 Å². The summed E-state index contributed by atoms with van der Waals surface area (Å²) in [5.41, 5.74) is 4.11. The average molecular weight is 497 g/mol. The van der Waals surface area contributed by atoms with Crippen molar-refractivity contribution in [1.29, 1.82) is 0 Å². The van der Waals surface area contributed by atoms with Crippen molar-refractivity contribution in [2.45, 2.75) is 25.8 Å². The van der Waals surface area contributed by atoms with Crippen LogP contribution in [0.2, 0.25) is 0 Å². The molecule has 1 aliphatic rings. The van der Waals surface area contributed by atoms with Crippen molar-refractivity contribution < 1.29 is 9.72 Å². The van der Waals surface area contributed by atoms with Crippen molar-refractivity contribution in [2.75, 3.05) is 32.7 Å². The maximum atomic E-state index is 13.6. The normalized spacial score (nSPS) is 15.1. The number of amides is 1. The van der Waals surface area contributed by atoms with Gasteiger partial charge in [-0.3, -0.25) is 14.9 Å². The van der Waals surface area contributed by atoms with Gasteiger partial charge in [0.2, 0.25) is 5.91 Å². The third-order valence-electron chi connectivity index (χ3n) is 7.43. The van der Waals surface area contributed by atoms with Crippen molar-refractivity contribution >= 4 is 22.5 Å². The molecule has 0 bridgehead atoms. The van der Waals surface area contributed by atoms with Crippen LogP contribution in [0.5, 0.6) is 0 Å². The number of nitro benzene ring substituents is 1. The van der Waals surface area contributed by atoms with Crippen LogP contribution in [0.3, 0.4) is 0 Å². The molecule has 0 saturated carbocycles. The minimum absolute atomic E-state index is 0.0556. The fourth-order valence-corrected chi connectivity index (χ4v) is 5.32. The van der Waals surface area contributed by atoms with Crippen molar-refractivity contribution in [3.05, 3.63) is 112 Å². The number of aromatic nitrogens is 1. The van der Waals surface area contributed by atoms with Gasteiger partial charge in [-0.1, -0.05) is 67.6 Å². The number of hydrogen-bond acceptors (Lipinski definition) is 4. The summed E-state index contributed by atoms with van der Waals surface area (Å²) in [6.45, 7) is 7.03. The Hall–Kier alpha value is -3.97. The Balaban J connectivity index is 1.56. The van der Waals surface area contributed by atoms with E-state index in [1.54, 1.807) is 12.1 Å². The molecule has 3 aromatic carbocycles. The Bertz CT molecular complexity index is 1380. The summed E-state index contributed by atoms with van der Waals surface area (Å²) >= 11 is 0. The van der Waals surface area contributed by atoms with Gasteiger partial charge in [0.05, 0.1) is 4.92 Å². The van der Waals surface area contributed by atoms with Crippen LogP contribution in [-0.4, -0.2) is 57.9 Å². The molecule has 0 N–H and O–H groups in total. The van der Waals surface area contributed by atoms with Crippen LogP contribution >= 0.6 is 0 Å². The highest BCUT2D eigenvalue weighted by Crippen LogP contribution is 2.37. The highest BCUT2D eigenvalue weighted by atomic mass is 16.6. The number of nitrogens with zero attached hydrogens (tertiary/aromatic N) is 4. The smallest absolute Gasteiger partial charge is 0.270 e. The maximum Gasteiger partial charge on any atom is 0.270 e. The minimum Gasteiger partial charge on any atom is -0.343 e. The molecule has 190 valence electrons. The SMILES string of the molecule is CCN1CCN(C(=O)C[C@H](c2ccccc2)c2cn(Cc3ccccc3)c3ccc([N+](=O)[O-])cc23)CC1. The predicted molar refractivity (Wildman–Crippen MR) is 146 cm³/mol. The number of non-ortho nitro benzene ring substituents is 1. The van der Waals surface area contributed by atoms with E-state index in [0.29, 0.717) is 13.0 Å². The van der Waals surface area contributed by atoms with Crippen molar-refractivity contribution in [1.82, 2.24) is 14.4 Å². The molecular weight excluding hydrogens is 464 g/mol. The van der Waals surface area contributed by atoms with Crippen LogP contribution in [0, 0.1) is 10.1 Å². The molecule has 1 amide bonds. The quantitative estimate of drug-likeness (QED) is 0.246. The first-order valence-corrected chi connectivity index (χ1v) is 12.9. The highest BCUT2D eigenvalue weighted by molar-refractivity contribution is 5.88. The molecule has 1 aliphatic heterocycles. The van der Waals surface area contributed by atoms with E-state index in [1.165, 1.54) is 0 Å². The molecule has 7 heteroatoms. The summed E-state index contributed by atoms with van der Waals surface area (Å²) in [7, 11) is 0. The third kappa shape index (κ3) is 5.42. The molecule has 0 radical (unpaired) electrons. The van der Waals surface area contributed by atoms with Gasteiger partial charge >= 0.3 is 0 Å². The van der Waals surface area contributed by atoms with Crippen LogP contribution in [-0.2, 0) is 11.3 Å². The summed E-state index contributed by atoms with van der Waals surface area (Å²) in [6, 6.07) is 25.2. The van der Waals surface area contributed by atoms with Gasteiger partial charge in [0, 0.05) is 74.3 Å². The zero-order valence-corrected chi connectivity index (χ0v) is 21.1. The summed E-state index contributed by atoms with van der Waals surface area (Å²) in [4.78, 5) is 29.2. The number of rotatable bonds is 8. The lowest BCUT2D eigenvalue weighted by atomic mass is 9.87. The fraction of sp³-hybridized carbons (Fsp3) is 0.300. The number of piperazine rings is 1. The summed E-state index contributed by atoms with van der Waals surface area (Å²) in [6.07, 6.45) is 2.41. The van der Waals surface area contributed by atoms with Gasteiger partial charge in [0.1, 0.15) is 0 Å². The monoisotopic (exact) mass is 496 g/mol. The number of benzene rings is 3. The maximum absolute atomic E-state index is 13.6. The first-order chi connectivity index (χ1) is 18.0. The molecule has 0 spiro atoms. The number of likely N-dealkylation sites (N-methyl/N-ethyl adjacent to an activating group) is 1. The molecule has 4 aromatic rings. The number of nitro groups is 1. The second-order valence-corrected chi connectivity index (χ2v) is 9.64. The number of carbonyl (C=O) groups is 1. The zero-order valence-electron chi connectivity index (χ0n) is 21.1. The molecule has 2 heterocycles. The van der Waals surface area contributed by atoms with E-state index in [4.69, 9.17) is 0 Å². The largest absolute Gasteiger partial charge is 0.343 e. The Morgan fingerprint density at radius 3 is 2.27 bits per heavy atom. The molecular formula is C30H32N4O3. The molecule has 1 saturated heterocycles. The zero-order chi connectivity index (χ0) is 25.8. The lowest BCUT2D eigenvalue weighted by Gasteiger charge is -2.34. The van der Waals surface area contributed by atoms with Crippen LogP contribution < -0.4 is 0 Å². The van der Waals surface area contributed by atoms with Gasteiger partial charge in [0.15, 0.2) is 0 Å². The number of carbonyl (C=O) groups excluding carboxylic acids is 1. The van der Waals surface area contributed by atoms with E-state index in [-0.39, 0.29) is 22.4 Å². The van der Waals surface area contributed by atoms with Crippen molar-refractivity contribution in [3.63, 3.8) is 0 Å². The van der Waals surface area contributed by atoms with Gasteiger partial charge in [-0.25, -0.2) is 0 Å². The van der Waals surface area contributed by atoms with Crippen LogP contribution in [0.25, 0.3) is 10.9 Å². The van der Waals surface area contributed by atoms with Gasteiger partial charge in [-0.15, -0.1) is 0 Å². The Morgan fingerprint density at radius 1 is 0.946 bits per heavy atom. The van der Waals surface area contributed by atoms with Crippen LogP contribution in [0.4, 0.5) is 5.69 Å². The van der Waals surface area contributed by atoms with Crippen LogP contribution in [0.15, 0.2) is 85.1 Å². The molecule has 1 atom stereocenters. The molecule has 37 heavy (non-hydrogen) atoms. The summed E-state index contributed by atoms with van der Waals surface area (Å²) in [5, 5.41) is 12.5. The summed E-state index contributed by atoms with van der Waals surface area (Å²) < 4.78 is 2.14. The Morgan fingerprint density at radius 2 is 1.62 bits per heavy atom. The molecule has 1 fully saturated rings. The second kappa shape index (κ2) is 11.0. The third-order valence-corrected chi connectivity index (χ3v) is 7.43. The van der Waals surface area contributed by atoms with Gasteiger partial charge in [-0.2, -0.15) is 0 Å². The standard InChI is InChI=1S/C30H32N4O3/c1-2-31-15-17-32(18-16-31)30(35)20-26(24-11-7-4-8-12-24)28-22-33(21-23-9-5-3-6-10-23)29-14-13-25(34(36)37)19-27(28)29/h3-14,19,22,26H,2,15-18,20-21H2,1H3/t26-/m1/s1. The lowest BCUT2D eigenvalue weighted by Crippen LogP contribution is -2.48. The predicted octanol–water partition coefficient (Wildman–Crippen LogP) is 5.28. The average Bonchev–Trinajstić information content (AvgIpc) is 3.29. The molecule has 7 nitrogen and oxygen atoms in total. The number of hydrogen-bond donors (Lipinski definition) is 0. The van der Waals surface area contributed by atoms with E-state index < -0.39 is 0 Å². The first-order valence-electron chi connectivity index (χ1n) is 12.9. The van der Waals surface area contributed by atoms with E-state index >= 15 is 0 Å². The van der Waals surface area contributed by atoms with E-state index in [2.05, 4.69) is 34.7 Å². The Kier molecular flexibility index (Phi) is 7.32. The number of fused-ring (bicyclic) bond motifs is 1. The van der Waals surface area contributed by atoms with Gasteiger partial charge < -0.3 is 14.4 Å². The van der Waals surface area contributed by atoms with E-state index in [1.807, 2.05) is 59.5 Å². The van der Waals surface area contributed by atoms with Crippen LogP contribution in [0.1, 0.15) is 36.0 Å². The fourth-order valence-electron chi connectivity index (χ4n) is 5.32. The molecule has 0 aliphatic carbocycles. The molecule has 0 unspecified atom stereocenters. The highest BCUT2D eigenvalue weighted by Gasteiger charge is 2.27. The lowest BCUT2D eigenvalue weighted by molar-refractivity contribution is -0.384. The van der Waals surface area contributed by atoms with E-state index in [0.717, 1.165) is 60.3 Å². The van der Waals surface area contributed by atoms with E-state index in [9.17, 15) is 14.9 Å². The molecule has 1 aromatic heterocycles. The van der Waals surface area contributed by atoms with Crippen molar-refractivity contribution in [3.8, 4) is 0 Å². The molecule has 5 rings (SSSR count). The van der Waals surface area contributed by atoms with Crippen molar-refractivity contribution in [2.24, 2.45) is 0 Å². The summed E-state index contributed by atoms with van der Waals surface area (Å²) in [5.74, 6) is -0.0848. The minimum atomic E-state index is -0.354. The van der Waals surface area contributed by atoms with Gasteiger partial charge in [0.25, 0.3) is 5.69 Å². The van der Waals surface area contributed by atoms with Gasteiger partial charge in [-0.05, 0) is 29.3 Å². The second-order valence-electron chi connectivity index (χ2n) is 9.64. The topological polar surface area (TPSA) is 71.6 Å².